The molecule has 4 nitrogen and oxygen atoms in total. The van der Waals surface area contributed by atoms with Gasteiger partial charge in [-0.05, 0) is 6.42 Å². The van der Waals surface area contributed by atoms with Crippen LogP contribution in [0.4, 0.5) is 4.20 Å². The molecule has 0 aliphatic carbocycles. The van der Waals surface area contributed by atoms with Gasteiger partial charge in [0.15, 0.2) is 0 Å². The molecule has 0 amide bonds. The Hall–Kier alpha value is 0.0400. The SMILES string of the molecule is CCCCCCCCCCCCCCCCCCCCOP(=O)(F)OOC. The Labute approximate surface area is 167 Å². The maximum atomic E-state index is 13.0. The zero-order valence-electron chi connectivity index (χ0n) is 17.9. The highest BCUT2D eigenvalue weighted by Crippen LogP contribution is 2.49. The van der Waals surface area contributed by atoms with Crippen molar-refractivity contribution in [1.82, 2.24) is 0 Å². The van der Waals surface area contributed by atoms with E-state index in [0.717, 1.165) is 20.0 Å². The van der Waals surface area contributed by atoms with Crippen molar-refractivity contribution in [3.8, 4) is 0 Å². The summed E-state index contributed by atoms with van der Waals surface area (Å²) in [5.74, 6) is 0. The van der Waals surface area contributed by atoms with E-state index in [1.807, 2.05) is 0 Å². The lowest BCUT2D eigenvalue weighted by molar-refractivity contribution is -0.194. The van der Waals surface area contributed by atoms with Gasteiger partial charge in [0.25, 0.3) is 0 Å². The molecule has 164 valence electrons. The molecule has 1 unspecified atom stereocenters. The molecule has 0 aromatic carbocycles. The Balaban J connectivity index is 3.10. The summed E-state index contributed by atoms with van der Waals surface area (Å²) in [5.41, 5.74) is 0. The van der Waals surface area contributed by atoms with Crippen LogP contribution in [0.5, 0.6) is 0 Å². The normalized spacial score (nSPS) is 13.7. The van der Waals surface area contributed by atoms with Crippen molar-refractivity contribution >= 4 is 7.91 Å². The molecule has 0 fully saturated rings. The molecule has 0 rings (SSSR count). The molecular weight excluding hydrogens is 366 g/mol. The quantitative estimate of drug-likeness (QED) is 0.0774. The monoisotopic (exact) mass is 410 g/mol. The van der Waals surface area contributed by atoms with E-state index in [-0.39, 0.29) is 6.61 Å². The molecule has 0 heterocycles. The third-order valence-electron chi connectivity index (χ3n) is 4.91. The Morgan fingerprint density at radius 2 is 0.963 bits per heavy atom. The van der Waals surface area contributed by atoms with Crippen LogP contribution in [-0.4, -0.2) is 13.7 Å². The van der Waals surface area contributed by atoms with Crippen molar-refractivity contribution in [1.29, 1.82) is 0 Å². The number of unbranched alkanes of at least 4 members (excludes halogenated alkanes) is 17. The third-order valence-corrected chi connectivity index (χ3v) is 5.73. The van der Waals surface area contributed by atoms with Gasteiger partial charge in [-0.2, -0.15) is 0 Å². The van der Waals surface area contributed by atoms with Crippen LogP contribution in [-0.2, 0) is 18.7 Å². The van der Waals surface area contributed by atoms with Gasteiger partial charge in [0, 0.05) is 0 Å². The van der Waals surface area contributed by atoms with Gasteiger partial charge in [-0.3, -0.25) is 4.52 Å². The highest BCUT2D eigenvalue weighted by molar-refractivity contribution is 7.47. The first-order valence-corrected chi connectivity index (χ1v) is 12.7. The lowest BCUT2D eigenvalue weighted by Crippen LogP contribution is -1.93. The first-order chi connectivity index (χ1) is 13.1. The van der Waals surface area contributed by atoms with E-state index in [0.29, 0.717) is 6.42 Å². The minimum atomic E-state index is -4.51. The molecule has 0 N–H and O–H groups in total. The second-order valence-electron chi connectivity index (χ2n) is 7.52. The third kappa shape index (κ3) is 22.2. The molecule has 0 aromatic rings. The first kappa shape index (κ1) is 27.0. The Kier molecular flexibility index (Phi) is 20.8. The van der Waals surface area contributed by atoms with Gasteiger partial charge < -0.3 is 0 Å². The van der Waals surface area contributed by atoms with Gasteiger partial charge in [-0.25, -0.2) is 9.45 Å². The van der Waals surface area contributed by atoms with Crippen molar-refractivity contribution in [3.05, 3.63) is 0 Å². The van der Waals surface area contributed by atoms with E-state index in [1.54, 1.807) is 0 Å². The van der Waals surface area contributed by atoms with Crippen LogP contribution in [0.15, 0.2) is 0 Å². The van der Waals surface area contributed by atoms with Crippen molar-refractivity contribution in [2.24, 2.45) is 0 Å². The summed E-state index contributed by atoms with van der Waals surface area (Å²) in [6.07, 6.45) is 23.4. The van der Waals surface area contributed by atoms with Crippen LogP contribution >= 0.6 is 7.91 Å². The highest BCUT2D eigenvalue weighted by atomic mass is 31.2. The Morgan fingerprint density at radius 3 is 1.30 bits per heavy atom. The van der Waals surface area contributed by atoms with Crippen molar-refractivity contribution in [2.45, 2.75) is 122 Å². The molecule has 0 spiro atoms. The van der Waals surface area contributed by atoms with E-state index in [2.05, 4.69) is 21.0 Å². The standard InChI is InChI=1S/C21H44FO4P/c1-3-4-5-6-7-8-9-10-11-12-13-14-15-16-17-18-19-20-21-25-27(22,23)26-24-2/h3-21H2,1-2H3. The largest absolute Gasteiger partial charge is 0.540 e. The number of hydrogen-bond donors (Lipinski definition) is 0. The van der Waals surface area contributed by atoms with Crippen LogP contribution in [0.1, 0.15) is 122 Å². The lowest BCUT2D eigenvalue weighted by Gasteiger charge is -2.07. The molecule has 0 saturated heterocycles. The molecule has 0 aromatic heterocycles. The van der Waals surface area contributed by atoms with Crippen molar-refractivity contribution < 1.29 is 22.8 Å². The second kappa shape index (κ2) is 20.8. The number of hydrogen-bond acceptors (Lipinski definition) is 4. The maximum Gasteiger partial charge on any atom is 0.540 e. The fourth-order valence-electron chi connectivity index (χ4n) is 3.29. The second-order valence-corrected chi connectivity index (χ2v) is 8.78. The first-order valence-electron chi connectivity index (χ1n) is 11.3. The van der Waals surface area contributed by atoms with Gasteiger partial charge >= 0.3 is 7.91 Å². The summed E-state index contributed by atoms with van der Waals surface area (Å²) in [5, 5.41) is 0. The van der Waals surface area contributed by atoms with Gasteiger partial charge in [0.2, 0.25) is 0 Å². The highest BCUT2D eigenvalue weighted by Gasteiger charge is 2.24. The minimum Gasteiger partial charge on any atom is -0.282 e. The summed E-state index contributed by atoms with van der Waals surface area (Å²) in [6, 6.07) is 0. The molecule has 1 atom stereocenters. The lowest BCUT2D eigenvalue weighted by atomic mass is 10.0. The van der Waals surface area contributed by atoms with Gasteiger partial charge in [0.05, 0.1) is 13.7 Å². The predicted octanol–water partition coefficient (Wildman–Crippen LogP) is 8.70. The van der Waals surface area contributed by atoms with Crippen LogP contribution in [0.25, 0.3) is 0 Å². The summed E-state index contributed by atoms with van der Waals surface area (Å²) >= 11 is 0. The van der Waals surface area contributed by atoms with Crippen LogP contribution in [0, 0.1) is 0 Å². The molecule has 0 aliphatic rings. The van der Waals surface area contributed by atoms with Crippen LogP contribution in [0.3, 0.4) is 0 Å². The Bertz CT molecular complexity index is 342. The van der Waals surface area contributed by atoms with Gasteiger partial charge in [-0.1, -0.05) is 116 Å². The topological polar surface area (TPSA) is 44.8 Å². The average Bonchev–Trinajstić information content (AvgIpc) is 2.63. The predicted molar refractivity (Wildman–Crippen MR) is 112 cm³/mol. The number of rotatable bonds is 22. The average molecular weight is 411 g/mol. The molecule has 0 saturated carbocycles. The van der Waals surface area contributed by atoms with Crippen LogP contribution < -0.4 is 0 Å². The molecule has 6 heteroatoms. The van der Waals surface area contributed by atoms with E-state index in [9.17, 15) is 8.76 Å². The molecule has 0 bridgehead atoms. The maximum absolute atomic E-state index is 13.0. The fourth-order valence-corrected chi connectivity index (χ4v) is 3.86. The van der Waals surface area contributed by atoms with Crippen LogP contribution in [0.2, 0.25) is 0 Å². The summed E-state index contributed by atoms with van der Waals surface area (Å²) in [7, 11) is -3.40. The molecule has 0 radical (unpaired) electrons. The summed E-state index contributed by atoms with van der Waals surface area (Å²) < 4.78 is 32.4. The van der Waals surface area contributed by atoms with Gasteiger partial charge in [0.1, 0.15) is 0 Å². The van der Waals surface area contributed by atoms with Gasteiger partial charge in [-0.15, -0.1) is 8.87 Å². The zero-order chi connectivity index (χ0) is 20.1. The van der Waals surface area contributed by atoms with Crippen molar-refractivity contribution in [3.63, 3.8) is 0 Å². The number of halogens is 1. The van der Waals surface area contributed by atoms with E-state index < -0.39 is 7.91 Å². The van der Waals surface area contributed by atoms with Crippen molar-refractivity contribution in [2.75, 3.05) is 13.7 Å². The van der Waals surface area contributed by atoms with E-state index >= 15 is 0 Å². The molecule has 0 aliphatic heterocycles. The molecular formula is C21H44FO4P. The fraction of sp³-hybridized carbons (Fsp3) is 1.00. The molecule has 27 heavy (non-hydrogen) atoms. The van der Waals surface area contributed by atoms with E-state index in [1.165, 1.54) is 96.3 Å². The zero-order valence-corrected chi connectivity index (χ0v) is 18.8. The Morgan fingerprint density at radius 1 is 0.630 bits per heavy atom. The minimum absolute atomic E-state index is 0.107. The smallest absolute Gasteiger partial charge is 0.282 e. The summed E-state index contributed by atoms with van der Waals surface area (Å²) in [6.45, 7) is 2.38. The summed E-state index contributed by atoms with van der Waals surface area (Å²) in [4.78, 5) is 4.03. The van der Waals surface area contributed by atoms with E-state index in [4.69, 9.17) is 0 Å².